The van der Waals surface area contributed by atoms with Crippen molar-refractivity contribution in [2.45, 2.75) is 18.9 Å². The molecule has 0 spiro atoms. The van der Waals surface area contributed by atoms with Gasteiger partial charge in [0.05, 0.1) is 6.04 Å². The zero-order valence-corrected chi connectivity index (χ0v) is 7.80. The fourth-order valence-corrected chi connectivity index (χ4v) is 1.72. The van der Waals surface area contributed by atoms with Crippen LogP contribution < -0.4 is 5.32 Å². The van der Waals surface area contributed by atoms with Gasteiger partial charge in [0.1, 0.15) is 6.33 Å². The average Bonchev–Trinajstić information content (AvgIpc) is 2.53. The molecule has 1 amide bonds. The SMILES string of the molecule is O=C1CCC(n2cn[nH]c2=S)CN1. The van der Waals surface area contributed by atoms with E-state index in [0.29, 0.717) is 17.7 Å². The highest BCUT2D eigenvalue weighted by Crippen LogP contribution is 2.16. The third kappa shape index (κ3) is 1.62. The maximum atomic E-state index is 10.9. The summed E-state index contributed by atoms with van der Waals surface area (Å²) in [6.07, 6.45) is 3.07. The molecule has 13 heavy (non-hydrogen) atoms. The summed E-state index contributed by atoms with van der Waals surface area (Å²) in [6.45, 7) is 0.646. The smallest absolute Gasteiger partial charge is 0.220 e. The van der Waals surface area contributed by atoms with Gasteiger partial charge >= 0.3 is 0 Å². The van der Waals surface area contributed by atoms with Gasteiger partial charge in [-0.1, -0.05) is 0 Å². The molecule has 2 rings (SSSR count). The van der Waals surface area contributed by atoms with E-state index in [-0.39, 0.29) is 11.9 Å². The topological polar surface area (TPSA) is 62.7 Å². The summed E-state index contributed by atoms with van der Waals surface area (Å²) in [5.74, 6) is 0.117. The van der Waals surface area contributed by atoms with E-state index in [1.54, 1.807) is 6.33 Å². The molecule has 6 heteroatoms. The van der Waals surface area contributed by atoms with Crippen LogP contribution in [-0.4, -0.2) is 27.2 Å². The molecule has 0 saturated carbocycles. The average molecular weight is 198 g/mol. The van der Waals surface area contributed by atoms with Crippen molar-refractivity contribution in [3.8, 4) is 0 Å². The second-order valence-corrected chi connectivity index (χ2v) is 3.45. The highest BCUT2D eigenvalue weighted by Gasteiger charge is 2.19. The molecule has 0 radical (unpaired) electrons. The normalized spacial score (nSPS) is 22.8. The Morgan fingerprint density at radius 3 is 3.08 bits per heavy atom. The highest BCUT2D eigenvalue weighted by molar-refractivity contribution is 7.71. The maximum Gasteiger partial charge on any atom is 0.220 e. The molecule has 1 aromatic heterocycles. The Morgan fingerprint density at radius 2 is 2.54 bits per heavy atom. The number of rotatable bonds is 1. The lowest BCUT2D eigenvalue weighted by atomic mass is 10.1. The van der Waals surface area contributed by atoms with Crippen LogP contribution in [0.15, 0.2) is 6.33 Å². The predicted molar refractivity (Wildman–Crippen MR) is 48.7 cm³/mol. The van der Waals surface area contributed by atoms with Crippen LogP contribution in [-0.2, 0) is 4.79 Å². The van der Waals surface area contributed by atoms with Crippen molar-refractivity contribution in [3.05, 3.63) is 11.1 Å². The van der Waals surface area contributed by atoms with Gasteiger partial charge in [0.25, 0.3) is 0 Å². The first-order valence-corrected chi connectivity index (χ1v) is 4.56. The van der Waals surface area contributed by atoms with Crippen LogP contribution >= 0.6 is 12.2 Å². The molecule has 0 aliphatic carbocycles. The standard InChI is InChI=1S/C7H10N4OS/c12-6-2-1-5(3-8-6)11-4-9-10-7(11)13/h4-5H,1-3H2,(H,8,12)(H,10,13). The zero-order chi connectivity index (χ0) is 9.26. The first kappa shape index (κ1) is 8.43. The summed E-state index contributed by atoms with van der Waals surface area (Å²) < 4.78 is 2.50. The summed E-state index contributed by atoms with van der Waals surface area (Å²) in [7, 11) is 0. The number of piperidine rings is 1. The Morgan fingerprint density at radius 1 is 1.69 bits per heavy atom. The van der Waals surface area contributed by atoms with E-state index < -0.39 is 0 Å². The molecule has 1 fully saturated rings. The summed E-state index contributed by atoms with van der Waals surface area (Å²) in [5.41, 5.74) is 0. The summed E-state index contributed by atoms with van der Waals surface area (Å²) >= 11 is 5.03. The predicted octanol–water partition coefficient (Wildman–Crippen LogP) is 0.392. The Kier molecular flexibility index (Phi) is 2.13. The van der Waals surface area contributed by atoms with Crippen molar-refractivity contribution in [2.75, 3.05) is 6.54 Å². The van der Waals surface area contributed by atoms with Gasteiger partial charge in [0.15, 0.2) is 4.77 Å². The van der Waals surface area contributed by atoms with E-state index in [4.69, 9.17) is 12.2 Å². The quantitative estimate of drug-likeness (QED) is 0.642. The Balaban J connectivity index is 2.15. The Labute approximate surface area is 80.1 Å². The third-order valence-corrected chi connectivity index (χ3v) is 2.51. The number of hydrogen-bond donors (Lipinski definition) is 2. The molecule has 1 aromatic rings. The van der Waals surface area contributed by atoms with E-state index in [0.717, 1.165) is 6.42 Å². The van der Waals surface area contributed by atoms with Crippen LogP contribution in [0, 0.1) is 4.77 Å². The number of nitrogens with one attached hydrogen (secondary N) is 2. The van der Waals surface area contributed by atoms with Gasteiger partial charge in [-0.15, -0.1) is 0 Å². The molecule has 1 aliphatic rings. The second-order valence-electron chi connectivity index (χ2n) is 3.07. The van der Waals surface area contributed by atoms with E-state index in [9.17, 15) is 4.79 Å². The van der Waals surface area contributed by atoms with Gasteiger partial charge in [-0.2, -0.15) is 5.10 Å². The number of hydrogen-bond acceptors (Lipinski definition) is 3. The molecule has 5 nitrogen and oxygen atoms in total. The van der Waals surface area contributed by atoms with Gasteiger partial charge < -0.3 is 9.88 Å². The van der Waals surface area contributed by atoms with E-state index >= 15 is 0 Å². The number of aromatic nitrogens is 3. The van der Waals surface area contributed by atoms with Crippen molar-refractivity contribution in [1.29, 1.82) is 0 Å². The number of carbonyl (C=O) groups is 1. The van der Waals surface area contributed by atoms with Gasteiger partial charge in [0.2, 0.25) is 5.91 Å². The number of aromatic amines is 1. The molecule has 0 aromatic carbocycles. The monoisotopic (exact) mass is 198 g/mol. The van der Waals surface area contributed by atoms with Crippen molar-refractivity contribution >= 4 is 18.1 Å². The van der Waals surface area contributed by atoms with Crippen LogP contribution in [0.25, 0.3) is 0 Å². The molecule has 1 unspecified atom stereocenters. The number of amides is 1. The number of nitrogens with zero attached hydrogens (tertiary/aromatic N) is 2. The molecule has 2 N–H and O–H groups in total. The van der Waals surface area contributed by atoms with Crippen LogP contribution in [0.2, 0.25) is 0 Å². The van der Waals surface area contributed by atoms with E-state index in [2.05, 4.69) is 15.5 Å². The third-order valence-electron chi connectivity index (χ3n) is 2.21. The lowest BCUT2D eigenvalue weighted by Crippen LogP contribution is -2.35. The fraction of sp³-hybridized carbons (Fsp3) is 0.571. The van der Waals surface area contributed by atoms with Crippen LogP contribution in [0.1, 0.15) is 18.9 Å². The molecule has 70 valence electrons. The fourth-order valence-electron chi connectivity index (χ4n) is 1.47. The van der Waals surface area contributed by atoms with Gasteiger partial charge in [-0.25, -0.2) is 0 Å². The minimum Gasteiger partial charge on any atom is -0.354 e. The first-order chi connectivity index (χ1) is 6.27. The summed E-state index contributed by atoms with van der Waals surface area (Å²) in [5, 5.41) is 9.33. The van der Waals surface area contributed by atoms with Crippen molar-refractivity contribution in [1.82, 2.24) is 20.1 Å². The van der Waals surface area contributed by atoms with Crippen LogP contribution in [0.3, 0.4) is 0 Å². The maximum absolute atomic E-state index is 10.9. The largest absolute Gasteiger partial charge is 0.354 e. The number of H-pyrrole nitrogens is 1. The molecule has 0 bridgehead atoms. The molecule has 1 aliphatic heterocycles. The second kappa shape index (κ2) is 3.29. The highest BCUT2D eigenvalue weighted by atomic mass is 32.1. The summed E-state index contributed by atoms with van der Waals surface area (Å²) in [6, 6.07) is 0.254. The lowest BCUT2D eigenvalue weighted by molar-refractivity contribution is -0.122. The van der Waals surface area contributed by atoms with Gasteiger partial charge in [-0.3, -0.25) is 9.89 Å². The van der Waals surface area contributed by atoms with E-state index in [1.807, 2.05) is 4.57 Å². The van der Waals surface area contributed by atoms with Crippen molar-refractivity contribution < 1.29 is 4.79 Å². The Bertz CT molecular complexity index is 359. The van der Waals surface area contributed by atoms with Crippen LogP contribution in [0.5, 0.6) is 0 Å². The lowest BCUT2D eigenvalue weighted by Gasteiger charge is -2.22. The molecule has 1 saturated heterocycles. The summed E-state index contributed by atoms with van der Waals surface area (Å²) in [4.78, 5) is 10.9. The van der Waals surface area contributed by atoms with Gasteiger partial charge in [-0.05, 0) is 18.6 Å². The van der Waals surface area contributed by atoms with E-state index in [1.165, 1.54) is 0 Å². The number of carbonyl (C=O) groups excluding carboxylic acids is 1. The Hall–Kier alpha value is -1.17. The minimum absolute atomic E-state index is 0.117. The molecule has 1 atom stereocenters. The van der Waals surface area contributed by atoms with Crippen molar-refractivity contribution in [3.63, 3.8) is 0 Å². The van der Waals surface area contributed by atoms with Crippen molar-refractivity contribution in [2.24, 2.45) is 0 Å². The van der Waals surface area contributed by atoms with Gasteiger partial charge in [0, 0.05) is 13.0 Å². The molecular formula is C7H10N4OS. The molecular weight excluding hydrogens is 188 g/mol. The minimum atomic E-state index is 0.117. The van der Waals surface area contributed by atoms with Crippen LogP contribution in [0.4, 0.5) is 0 Å². The zero-order valence-electron chi connectivity index (χ0n) is 6.99. The molecule has 2 heterocycles. The first-order valence-electron chi connectivity index (χ1n) is 4.15.